The van der Waals surface area contributed by atoms with Crippen LogP contribution in [0.1, 0.15) is 21.5 Å². The zero-order valence-corrected chi connectivity index (χ0v) is 16.5. The summed E-state index contributed by atoms with van der Waals surface area (Å²) in [6, 6.07) is 18.1. The van der Waals surface area contributed by atoms with E-state index in [1.807, 2.05) is 36.4 Å². The summed E-state index contributed by atoms with van der Waals surface area (Å²) in [6.45, 7) is -0.117. The van der Waals surface area contributed by atoms with E-state index >= 15 is 0 Å². The standard InChI is InChI=1S/C23H20N4O4/c24-22(25)18-4-3-16-9-14(1-2-17(16)11-18)10-21(29)15-5-7-19(8-6-15)26-12-20(23(30)31)27-13-28/h1-9,11,13,26H,10,12H2,(H3,24,25)(H,30,31)/p+1. The van der Waals surface area contributed by atoms with Crippen LogP contribution in [0, 0.1) is 0 Å². The Morgan fingerprint density at radius 3 is 2.29 bits per heavy atom. The number of amidine groups is 1. The second-order valence-corrected chi connectivity index (χ2v) is 6.87. The van der Waals surface area contributed by atoms with E-state index in [1.54, 1.807) is 24.3 Å². The third-order valence-electron chi connectivity index (χ3n) is 4.72. The van der Waals surface area contributed by atoms with Gasteiger partial charge in [0.25, 0.3) is 5.84 Å². The van der Waals surface area contributed by atoms with Gasteiger partial charge in [0.15, 0.2) is 5.78 Å². The molecule has 8 nitrogen and oxygen atoms in total. The number of aliphatic imine (C=N–C) groups is 1. The number of aliphatic carboxylic acids is 1. The van der Waals surface area contributed by atoms with Crippen molar-refractivity contribution < 1.29 is 24.9 Å². The normalized spacial score (nSPS) is 11.2. The summed E-state index contributed by atoms with van der Waals surface area (Å²) in [4.78, 5) is 37.3. The first-order valence-electron chi connectivity index (χ1n) is 9.39. The van der Waals surface area contributed by atoms with E-state index in [2.05, 4.69) is 10.3 Å². The van der Waals surface area contributed by atoms with E-state index in [1.165, 1.54) is 0 Å². The number of amides is 1. The van der Waals surface area contributed by atoms with Gasteiger partial charge in [-0.05, 0) is 52.7 Å². The first-order chi connectivity index (χ1) is 14.9. The summed E-state index contributed by atoms with van der Waals surface area (Å²) in [6.07, 6.45) is 0.426. The van der Waals surface area contributed by atoms with Gasteiger partial charge in [0, 0.05) is 17.7 Å². The topological polar surface area (TPSA) is 147 Å². The van der Waals surface area contributed by atoms with Crippen molar-refractivity contribution in [1.29, 1.82) is 0 Å². The third-order valence-corrected chi connectivity index (χ3v) is 4.72. The number of hydrogen-bond donors (Lipinski definition) is 4. The van der Waals surface area contributed by atoms with Gasteiger partial charge in [-0.1, -0.05) is 24.3 Å². The molecule has 156 valence electrons. The van der Waals surface area contributed by atoms with Crippen molar-refractivity contribution >= 4 is 46.2 Å². The first kappa shape index (κ1) is 21.4. The highest BCUT2D eigenvalue weighted by Gasteiger charge is 2.11. The molecule has 0 saturated carbocycles. The molecule has 1 amide bonds. The Bertz CT molecular complexity index is 1200. The lowest BCUT2D eigenvalue weighted by atomic mass is 9.99. The van der Waals surface area contributed by atoms with E-state index in [0.29, 0.717) is 11.3 Å². The number of Topliss-reactive ketones (excluding diaryl/α,β-unsaturated/α-hetero) is 1. The molecule has 0 saturated heterocycles. The summed E-state index contributed by atoms with van der Waals surface area (Å²) in [5.74, 6) is -1.06. The van der Waals surface area contributed by atoms with Crippen LogP contribution >= 0.6 is 0 Å². The molecule has 31 heavy (non-hydrogen) atoms. The molecule has 3 aromatic rings. The zero-order valence-electron chi connectivity index (χ0n) is 16.5. The van der Waals surface area contributed by atoms with Crippen molar-refractivity contribution in [2.75, 3.05) is 11.9 Å². The van der Waals surface area contributed by atoms with Crippen LogP contribution in [-0.2, 0) is 16.0 Å². The number of ketones is 1. The Labute approximate surface area is 177 Å². The minimum Gasteiger partial charge on any atom is -0.477 e. The number of carbonyl (C=O) groups excluding carboxylic acids is 2. The molecule has 0 bridgehead atoms. The number of carboxylic acid groups (broad SMARTS) is 1. The number of rotatable bonds is 9. The smallest absolute Gasteiger partial charge is 0.352 e. The zero-order chi connectivity index (χ0) is 22.4. The van der Waals surface area contributed by atoms with E-state index in [-0.39, 0.29) is 36.7 Å². The molecule has 0 fully saturated rings. The monoisotopic (exact) mass is 417 g/mol. The number of carbonyl (C=O) groups is 3. The van der Waals surface area contributed by atoms with Gasteiger partial charge >= 0.3 is 5.97 Å². The number of nitrogens with two attached hydrogens (primary N) is 2. The number of anilines is 1. The van der Waals surface area contributed by atoms with E-state index in [4.69, 9.17) is 16.2 Å². The van der Waals surface area contributed by atoms with Gasteiger partial charge in [-0.3, -0.25) is 20.7 Å². The molecule has 0 aliphatic heterocycles. The predicted octanol–water partition coefficient (Wildman–Crippen LogP) is 0.824. The lowest BCUT2D eigenvalue weighted by Crippen LogP contribution is -2.46. The van der Waals surface area contributed by atoms with Crippen molar-refractivity contribution in [3.05, 3.63) is 77.4 Å². The summed E-state index contributed by atoms with van der Waals surface area (Å²) in [5.41, 5.74) is 8.12. The van der Waals surface area contributed by atoms with Crippen molar-refractivity contribution in [3.63, 3.8) is 0 Å². The molecule has 0 unspecified atom stereocenters. The number of fused-ring (bicyclic) bond motifs is 1. The van der Waals surface area contributed by atoms with Crippen molar-refractivity contribution in [3.8, 4) is 0 Å². The van der Waals surface area contributed by atoms with Crippen LogP contribution in [0.4, 0.5) is 5.69 Å². The Hall–Kier alpha value is -4.33. The summed E-state index contributed by atoms with van der Waals surface area (Å²) >= 11 is 0. The Balaban J connectivity index is 1.67. The van der Waals surface area contributed by atoms with Gasteiger partial charge in [-0.2, -0.15) is 0 Å². The highest BCUT2D eigenvalue weighted by Crippen LogP contribution is 2.19. The van der Waals surface area contributed by atoms with Gasteiger partial charge in [-0.25, -0.2) is 9.79 Å². The van der Waals surface area contributed by atoms with Gasteiger partial charge < -0.3 is 10.4 Å². The number of carboxylic acids is 1. The van der Waals surface area contributed by atoms with Gasteiger partial charge in [0.2, 0.25) is 6.41 Å². The molecule has 6 N–H and O–H groups in total. The molecular formula is C23H21N4O4+. The van der Waals surface area contributed by atoms with Crippen molar-refractivity contribution in [1.82, 2.24) is 0 Å². The van der Waals surface area contributed by atoms with E-state index < -0.39 is 5.97 Å². The minimum atomic E-state index is -1.28. The molecule has 0 aliphatic carbocycles. The summed E-state index contributed by atoms with van der Waals surface area (Å²) in [7, 11) is 0. The fourth-order valence-corrected chi connectivity index (χ4v) is 3.07. The maximum atomic E-state index is 12.7. The van der Waals surface area contributed by atoms with Crippen LogP contribution in [-0.4, -0.2) is 41.4 Å². The van der Waals surface area contributed by atoms with Crippen molar-refractivity contribution in [2.45, 2.75) is 6.42 Å². The second-order valence-electron chi connectivity index (χ2n) is 6.87. The van der Waals surface area contributed by atoms with Crippen LogP contribution in [0.5, 0.6) is 0 Å². The van der Waals surface area contributed by atoms with E-state index in [0.717, 1.165) is 21.9 Å². The largest absolute Gasteiger partial charge is 0.477 e. The summed E-state index contributed by atoms with van der Waals surface area (Å²) in [5, 5.41) is 19.4. The lowest BCUT2D eigenvalue weighted by molar-refractivity contribution is -0.129. The van der Waals surface area contributed by atoms with Crippen LogP contribution in [0.25, 0.3) is 10.8 Å². The molecule has 0 aliphatic rings. The SMILES string of the molecule is NC(=[NH2+])c1ccc2cc(CC(=O)c3ccc(NCC(=NC=O)C(=O)O)cc3)ccc2c1. The second kappa shape index (κ2) is 9.45. The van der Waals surface area contributed by atoms with Gasteiger partial charge in [0.1, 0.15) is 5.71 Å². The molecule has 0 heterocycles. The number of hydrogen-bond acceptors (Lipinski definition) is 4. The highest BCUT2D eigenvalue weighted by atomic mass is 16.4. The maximum absolute atomic E-state index is 12.7. The Kier molecular flexibility index (Phi) is 6.51. The van der Waals surface area contributed by atoms with Gasteiger partial charge in [-0.15, -0.1) is 0 Å². The maximum Gasteiger partial charge on any atom is 0.352 e. The Morgan fingerprint density at radius 2 is 1.65 bits per heavy atom. The predicted molar refractivity (Wildman–Crippen MR) is 118 cm³/mol. The third kappa shape index (κ3) is 5.39. The fraction of sp³-hybridized carbons (Fsp3) is 0.0870. The molecule has 8 heteroatoms. The quantitative estimate of drug-likeness (QED) is 0.175. The fourth-order valence-electron chi connectivity index (χ4n) is 3.07. The average molecular weight is 417 g/mol. The van der Waals surface area contributed by atoms with Gasteiger partial charge in [0.05, 0.1) is 12.1 Å². The lowest BCUT2D eigenvalue weighted by Gasteiger charge is -2.08. The molecule has 0 spiro atoms. The molecule has 0 aromatic heterocycles. The molecule has 0 radical (unpaired) electrons. The minimum absolute atomic E-state index is 0.0456. The highest BCUT2D eigenvalue weighted by molar-refractivity contribution is 6.38. The van der Waals surface area contributed by atoms with Crippen LogP contribution < -0.4 is 16.5 Å². The molecule has 3 rings (SSSR count). The molecule has 0 atom stereocenters. The molecule has 3 aromatic carbocycles. The van der Waals surface area contributed by atoms with Crippen LogP contribution in [0.15, 0.2) is 65.7 Å². The number of nitrogens with one attached hydrogen (secondary N) is 1. The number of nitrogens with zero attached hydrogens (tertiary/aromatic N) is 1. The van der Waals surface area contributed by atoms with Crippen LogP contribution in [0.2, 0.25) is 0 Å². The van der Waals surface area contributed by atoms with Crippen molar-refractivity contribution in [2.24, 2.45) is 10.7 Å². The average Bonchev–Trinajstić information content (AvgIpc) is 2.76. The molecular weight excluding hydrogens is 396 g/mol. The Morgan fingerprint density at radius 1 is 1.00 bits per heavy atom. The van der Waals surface area contributed by atoms with Crippen LogP contribution in [0.3, 0.4) is 0 Å². The van der Waals surface area contributed by atoms with E-state index in [9.17, 15) is 14.4 Å². The number of benzene rings is 3. The first-order valence-corrected chi connectivity index (χ1v) is 9.39. The summed E-state index contributed by atoms with van der Waals surface area (Å²) < 4.78 is 0.